The van der Waals surface area contributed by atoms with Gasteiger partial charge in [-0.1, -0.05) is 30.0 Å². The molecule has 1 aliphatic heterocycles. The molecule has 2 atom stereocenters. The number of thioether (sulfide) groups is 1. The third-order valence-corrected chi connectivity index (χ3v) is 7.54. The van der Waals surface area contributed by atoms with Crippen molar-refractivity contribution in [1.29, 1.82) is 0 Å². The molecule has 0 bridgehead atoms. The van der Waals surface area contributed by atoms with E-state index in [1.807, 2.05) is 32.0 Å². The van der Waals surface area contributed by atoms with E-state index >= 15 is 0 Å². The smallest absolute Gasteiger partial charge is 0.233 e. The molecule has 158 valence electrons. The second-order valence-corrected chi connectivity index (χ2v) is 10.7. The van der Waals surface area contributed by atoms with Crippen LogP contribution in [0.15, 0.2) is 23.4 Å². The number of carbonyl (C=O) groups is 1. The lowest BCUT2D eigenvalue weighted by Gasteiger charge is -2.15. The Balaban J connectivity index is 1.58. The van der Waals surface area contributed by atoms with E-state index in [-0.39, 0.29) is 30.1 Å². The predicted octanol–water partition coefficient (Wildman–Crippen LogP) is 0.972. The summed E-state index contributed by atoms with van der Waals surface area (Å²) < 4.78 is 30.2. The summed E-state index contributed by atoms with van der Waals surface area (Å²) in [5, 5.41) is 10.8. The van der Waals surface area contributed by atoms with Crippen molar-refractivity contribution in [1.82, 2.24) is 20.2 Å². The van der Waals surface area contributed by atoms with Crippen LogP contribution in [0.4, 0.5) is 0 Å². The summed E-state index contributed by atoms with van der Waals surface area (Å²) in [6.07, 6.45) is 0.443. The van der Waals surface area contributed by atoms with E-state index in [1.54, 1.807) is 6.92 Å². The number of benzene rings is 1. The maximum Gasteiger partial charge on any atom is 0.233 e. The van der Waals surface area contributed by atoms with Crippen molar-refractivity contribution in [2.24, 2.45) is 0 Å². The van der Waals surface area contributed by atoms with Gasteiger partial charge in [-0.25, -0.2) is 13.1 Å². The summed E-state index contributed by atoms with van der Waals surface area (Å²) in [6.45, 7) is 5.79. The SMILES string of the molecule is Cc1cccc(C)c1OCc1nnc(S[C@H](C)C(=O)N[C@H]2CCS(=O)(=O)C2)n1N. The third-order valence-electron chi connectivity index (χ3n) is 4.72. The molecule has 3 N–H and O–H groups in total. The van der Waals surface area contributed by atoms with Crippen LogP contribution in [-0.4, -0.2) is 52.0 Å². The Morgan fingerprint density at radius 3 is 2.69 bits per heavy atom. The Morgan fingerprint density at radius 2 is 2.07 bits per heavy atom. The molecule has 1 aromatic carbocycles. The molecule has 1 amide bonds. The zero-order valence-corrected chi connectivity index (χ0v) is 18.2. The fourth-order valence-corrected chi connectivity index (χ4v) is 5.56. The first kappa shape index (κ1) is 21.4. The lowest BCUT2D eigenvalue weighted by Crippen LogP contribution is -2.40. The fourth-order valence-electron chi connectivity index (χ4n) is 3.09. The van der Waals surface area contributed by atoms with E-state index in [2.05, 4.69) is 15.5 Å². The molecule has 0 aliphatic carbocycles. The van der Waals surface area contributed by atoms with Crippen LogP contribution in [0.25, 0.3) is 0 Å². The van der Waals surface area contributed by atoms with Gasteiger partial charge in [0.2, 0.25) is 11.1 Å². The molecule has 0 unspecified atom stereocenters. The molecule has 1 fully saturated rings. The summed E-state index contributed by atoms with van der Waals surface area (Å²) in [4.78, 5) is 12.4. The largest absolute Gasteiger partial charge is 0.485 e. The number of nitrogens with two attached hydrogens (primary N) is 1. The lowest BCUT2D eigenvalue weighted by atomic mass is 10.1. The Kier molecular flexibility index (Phi) is 6.37. The Hall–Kier alpha value is -2.27. The first-order valence-corrected chi connectivity index (χ1v) is 11.9. The quantitative estimate of drug-likeness (QED) is 0.482. The van der Waals surface area contributed by atoms with E-state index < -0.39 is 15.1 Å². The van der Waals surface area contributed by atoms with Crippen LogP contribution in [0.5, 0.6) is 5.75 Å². The molecule has 2 aromatic rings. The number of nitrogen functional groups attached to an aromatic ring is 1. The number of para-hydroxylation sites is 1. The molecule has 3 rings (SSSR count). The van der Waals surface area contributed by atoms with Crippen molar-refractivity contribution in [3.05, 3.63) is 35.2 Å². The van der Waals surface area contributed by atoms with Crippen molar-refractivity contribution in [2.75, 3.05) is 17.3 Å². The molecule has 0 saturated carbocycles. The summed E-state index contributed by atoms with van der Waals surface area (Å²) in [6, 6.07) is 5.55. The molecule has 11 heteroatoms. The molecule has 29 heavy (non-hydrogen) atoms. The molecule has 9 nitrogen and oxygen atoms in total. The highest BCUT2D eigenvalue weighted by atomic mass is 32.2. The van der Waals surface area contributed by atoms with Crippen molar-refractivity contribution >= 4 is 27.5 Å². The van der Waals surface area contributed by atoms with E-state index in [0.29, 0.717) is 17.4 Å². The van der Waals surface area contributed by atoms with Gasteiger partial charge in [0.25, 0.3) is 0 Å². The van der Waals surface area contributed by atoms with Crippen molar-refractivity contribution in [2.45, 2.75) is 50.2 Å². The van der Waals surface area contributed by atoms with Gasteiger partial charge in [-0.05, 0) is 38.3 Å². The van der Waals surface area contributed by atoms with Crippen LogP contribution in [0.1, 0.15) is 30.3 Å². The van der Waals surface area contributed by atoms with Crippen molar-refractivity contribution in [3.63, 3.8) is 0 Å². The fraction of sp³-hybridized carbons (Fsp3) is 0.500. The predicted molar refractivity (Wildman–Crippen MR) is 111 cm³/mol. The molecule has 2 heterocycles. The van der Waals surface area contributed by atoms with Gasteiger partial charge in [-0.3, -0.25) is 4.79 Å². The van der Waals surface area contributed by atoms with Gasteiger partial charge in [0.15, 0.2) is 15.7 Å². The van der Waals surface area contributed by atoms with Crippen LogP contribution in [0, 0.1) is 13.8 Å². The normalized spacial score (nSPS) is 19.1. The van der Waals surface area contributed by atoms with E-state index in [1.165, 1.54) is 4.68 Å². The highest BCUT2D eigenvalue weighted by molar-refractivity contribution is 8.00. The van der Waals surface area contributed by atoms with E-state index in [9.17, 15) is 13.2 Å². The number of hydrogen-bond acceptors (Lipinski definition) is 8. The number of ether oxygens (including phenoxy) is 1. The summed E-state index contributed by atoms with van der Waals surface area (Å²) in [5.41, 5.74) is 2.03. The van der Waals surface area contributed by atoms with Gasteiger partial charge >= 0.3 is 0 Å². The van der Waals surface area contributed by atoms with Crippen LogP contribution in [-0.2, 0) is 21.2 Å². The Morgan fingerprint density at radius 1 is 1.38 bits per heavy atom. The number of amides is 1. The van der Waals surface area contributed by atoms with Crippen molar-refractivity contribution in [3.8, 4) is 5.75 Å². The highest BCUT2D eigenvalue weighted by Crippen LogP contribution is 2.25. The van der Waals surface area contributed by atoms with Crippen LogP contribution in [0.3, 0.4) is 0 Å². The highest BCUT2D eigenvalue weighted by Gasteiger charge is 2.30. The van der Waals surface area contributed by atoms with Gasteiger partial charge in [-0.15, -0.1) is 10.2 Å². The van der Waals surface area contributed by atoms with Crippen LogP contribution in [0.2, 0.25) is 0 Å². The van der Waals surface area contributed by atoms with Crippen LogP contribution < -0.4 is 15.9 Å². The molecule has 0 radical (unpaired) electrons. The number of sulfone groups is 1. The zero-order chi connectivity index (χ0) is 21.2. The number of hydrogen-bond donors (Lipinski definition) is 2. The van der Waals surface area contributed by atoms with E-state index in [4.69, 9.17) is 10.6 Å². The minimum Gasteiger partial charge on any atom is -0.485 e. The topological polar surface area (TPSA) is 129 Å². The standard InChI is InChI=1S/C18H25N5O4S2/c1-11-5-4-6-12(2)16(11)27-9-15-21-22-18(23(15)19)28-13(3)17(24)20-14-7-8-29(25,26)10-14/h4-6,13-14H,7-10,19H2,1-3H3,(H,20,24)/t13-,14+/m1/s1. The number of carbonyl (C=O) groups excluding carboxylic acids is 1. The lowest BCUT2D eigenvalue weighted by molar-refractivity contribution is -0.120. The first-order chi connectivity index (χ1) is 13.7. The van der Waals surface area contributed by atoms with Gasteiger partial charge in [0.1, 0.15) is 12.4 Å². The van der Waals surface area contributed by atoms with Crippen LogP contribution >= 0.6 is 11.8 Å². The van der Waals surface area contributed by atoms with Gasteiger partial charge in [-0.2, -0.15) is 0 Å². The zero-order valence-electron chi connectivity index (χ0n) is 16.6. The Bertz CT molecular complexity index is 985. The maximum absolute atomic E-state index is 12.4. The average Bonchev–Trinajstić information content (AvgIpc) is 3.16. The number of rotatable bonds is 7. The van der Waals surface area contributed by atoms with Crippen molar-refractivity contribution < 1.29 is 17.9 Å². The number of nitrogens with one attached hydrogen (secondary N) is 1. The first-order valence-electron chi connectivity index (χ1n) is 9.22. The summed E-state index contributed by atoms with van der Waals surface area (Å²) in [5.74, 6) is 7.13. The minimum atomic E-state index is -3.05. The third kappa shape index (κ3) is 5.21. The second kappa shape index (κ2) is 8.62. The summed E-state index contributed by atoms with van der Waals surface area (Å²) >= 11 is 1.16. The maximum atomic E-state index is 12.4. The Labute approximate surface area is 174 Å². The molecular formula is C18H25N5O4S2. The number of nitrogens with zero attached hydrogens (tertiary/aromatic N) is 3. The second-order valence-electron chi connectivity index (χ2n) is 7.15. The number of aryl methyl sites for hydroxylation is 2. The molecule has 0 spiro atoms. The minimum absolute atomic E-state index is 0.0109. The molecule has 1 aromatic heterocycles. The van der Waals surface area contributed by atoms with Gasteiger partial charge in [0, 0.05) is 6.04 Å². The number of aromatic nitrogens is 3. The molecular weight excluding hydrogens is 414 g/mol. The molecule has 1 aliphatic rings. The summed E-state index contributed by atoms with van der Waals surface area (Å²) in [7, 11) is -3.05. The van der Waals surface area contributed by atoms with Gasteiger partial charge < -0.3 is 15.9 Å². The monoisotopic (exact) mass is 439 g/mol. The van der Waals surface area contributed by atoms with Gasteiger partial charge in [0.05, 0.1) is 16.8 Å². The van der Waals surface area contributed by atoms with E-state index in [0.717, 1.165) is 28.6 Å². The molecule has 1 saturated heterocycles. The average molecular weight is 440 g/mol.